The van der Waals surface area contributed by atoms with Crippen LogP contribution in [0.25, 0.3) is 0 Å². The topological polar surface area (TPSA) is 21.3 Å². The molecule has 120 valence electrons. The van der Waals surface area contributed by atoms with Crippen molar-refractivity contribution in [3.8, 4) is 0 Å². The monoisotopic (exact) mass is 315 g/mol. The first-order valence-electron chi connectivity index (χ1n) is 6.20. The van der Waals surface area contributed by atoms with Crippen molar-refractivity contribution in [1.29, 1.82) is 0 Å². The Labute approximate surface area is 118 Å². The second kappa shape index (κ2) is 7.65. The number of benzene rings is 1. The van der Waals surface area contributed by atoms with E-state index in [1.54, 1.807) is 6.92 Å². The molecule has 0 aliphatic rings. The van der Waals surface area contributed by atoms with E-state index in [0.29, 0.717) is 6.54 Å². The molecule has 8 heteroatoms. The van der Waals surface area contributed by atoms with Crippen molar-refractivity contribution in [3.05, 3.63) is 35.4 Å². The lowest BCUT2D eigenvalue weighted by Gasteiger charge is -2.21. The molecule has 0 aliphatic carbocycles. The third kappa shape index (κ3) is 5.20. The molecule has 0 bridgehead atoms. The van der Waals surface area contributed by atoms with E-state index in [4.69, 9.17) is 0 Å². The van der Waals surface area contributed by atoms with E-state index < -0.39 is 36.6 Å². The van der Waals surface area contributed by atoms with Crippen molar-refractivity contribution >= 4 is 0 Å². The molecule has 0 aromatic heterocycles. The fraction of sp³-hybridized carbons (Fsp3) is 0.538. The number of rotatable bonds is 8. The number of hydrogen-bond donors (Lipinski definition) is 1. The zero-order valence-corrected chi connectivity index (χ0v) is 11.2. The molecule has 1 N–H and O–H groups in total. The van der Waals surface area contributed by atoms with Gasteiger partial charge in [-0.15, -0.1) is 0 Å². The minimum atomic E-state index is -4.25. The van der Waals surface area contributed by atoms with Crippen molar-refractivity contribution < 1.29 is 31.1 Å². The fourth-order valence-corrected chi connectivity index (χ4v) is 1.62. The van der Waals surface area contributed by atoms with Gasteiger partial charge in [0.2, 0.25) is 0 Å². The molecular weight excluding hydrogens is 300 g/mol. The van der Waals surface area contributed by atoms with Crippen LogP contribution in [0.3, 0.4) is 0 Å². The molecular formula is C13H15F6NO. The highest BCUT2D eigenvalue weighted by atomic mass is 19.3. The molecule has 1 unspecified atom stereocenters. The van der Waals surface area contributed by atoms with Gasteiger partial charge in [0, 0.05) is 0 Å². The highest BCUT2D eigenvalue weighted by Crippen LogP contribution is 2.24. The van der Waals surface area contributed by atoms with Crippen molar-refractivity contribution in [2.45, 2.75) is 25.3 Å². The van der Waals surface area contributed by atoms with Crippen LogP contribution in [0.2, 0.25) is 0 Å². The first-order valence-corrected chi connectivity index (χ1v) is 6.20. The SMILES string of the molecule is CCNC(COCC(F)(F)C(F)F)c1ccc(F)c(F)c1. The average Bonchev–Trinajstić information content (AvgIpc) is 2.40. The van der Waals surface area contributed by atoms with Crippen molar-refractivity contribution in [2.75, 3.05) is 19.8 Å². The van der Waals surface area contributed by atoms with Gasteiger partial charge < -0.3 is 10.1 Å². The lowest BCUT2D eigenvalue weighted by molar-refractivity contribution is -0.167. The van der Waals surface area contributed by atoms with E-state index in [9.17, 15) is 26.3 Å². The molecule has 1 atom stereocenters. The molecule has 0 saturated carbocycles. The molecule has 0 radical (unpaired) electrons. The van der Waals surface area contributed by atoms with Crippen molar-refractivity contribution in [3.63, 3.8) is 0 Å². The molecule has 0 fully saturated rings. The molecule has 2 nitrogen and oxygen atoms in total. The van der Waals surface area contributed by atoms with Crippen molar-refractivity contribution in [2.24, 2.45) is 0 Å². The Morgan fingerprint density at radius 2 is 1.86 bits per heavy atom. The molecule has 1 aromatic rings. The quantitative estimate of drug-likeness (QED) is 0.741. The summed E-state index contributed by atoms with van der Waals surface area (Å²) in [6, 6.07) is 2.35. The summed E-state index contributed by atoms with van der Waals surface area (Å²) in [6.07, 6.45) is -3.82. The van der Waals surface area contributed by atoms with Gasteiger partial charge in [-0.05, 0) is 24.2 Å². The minimum Gasteiger partial charge on any atom is -0.373 e. The van der Waals surface area contributed by atoms with Crippen LogP contribution in [0.4, 0.5) is 26.3 Å². The van der Waals surface area contributed by atoms with E-state index in [1.807, 2.05) is 0 Å². The second-order valence-corrected chi connectivity index (χ2v) is 4.36. The van der Waals surface area contributed by atoms with E-state index in [0.717, 1.165) is 12.1 Å². The Balaban J connectivity index is 2.67. The number of nitrogens with one attached hydrogen (secondary N) is 1. The minimum absolute atomic E-state index is 0.274. The maximum Gasteiger partial charge on any atom is 0.330 e. The van der Waals surface area contributed by atoms with E-state index in [1.165, 1.54) is 6.07 Å². The van der Waals surface area contributed by atoms with Crippen LogP contribution < -0.4 is 5.32 Å². The maximum atomic E-state index is 13.1. The number of ether oxygens (including phenoxy) is 1. The zero-order valence-electron chi connectivity index (χ0n) is 11.2. The smallest absolute Gasteiger partial charge is 0.330 e. The van der Waals surface area contributed by atoms with Crippen LogP contribution in [-0.2, 0) is 4.74 Å². The van der Waals surface area contributed by atoms with Gasteiger partial charge in [0.1, 0.15) is 6.61 Å². The highest BCUT2D eigenvalue weighted by Gasteiger charge is 2.41. The molecule has 0 spiro atoms. The lowest BCUT2D eigenvalue weighted by Crippen LogP contribution is -2.34. The third-order valence-corrected chi connectivity index (χ3v) is 2.69. The van der Waals surface area contributed by atoms with Crippen molar-refractivity contribution in [1.82, 2.24) is 5.32 Å². The zero-order chi connectivity index (χ0) is 16.0. The van der Waals surface area contributed by atoms with Gasteiger partial charge in [0.25, 0.3) is 0 Å². The summed E-state index contributed by atoms with van der Waals surface area (Å²) < 4.78 is 79.9. The van der Waals surface area contributed by atoms with Gasteiger partial charge in [-0.2, -0.15) is 8.78 Å². The third-order valence-electron chi connectivity index (χ3n) is 2.69. The van der Waals surface area contributed by atoms with E-state index in [-0.39, 0.29) is 12.2 Å². The van der Waals surface area contributed by atoms with E-state index in [2.05, 4.69) is 10.1 Å². The fourth-order valence-electron chi connectivity index (χ4n) is 1.62. The summed E-state index contributed by atoms with van der Waals surface area (Å²) in [5.41, 5.74) is 0.274. The summed E-state index contributed by atoms with van der Waals surface area (Å²) in [4.78, 5) is 0. The predicted molar refractivity (Wildman–Crippen MR) is 64.5 cm³/mol. The molecule has 1 rings (SSSR count). The molecule has 0 aliphatic heterocycles. The molecule has 21 heavy (non-hydrogen) atoms. The summed E-state index contributed by atoms with van der Waals surface area (Å²) in [6.45, 7) is 0.288. The van der Waals surface area contributed by atoms with E-state index >= 15 is 0 Å². The molecule has 0 amide bonds. The summed E-state index contributed by atoms with van der Waals surface area (Å²) in [7, 11) is 0. The van der Waals surface area contributed by atoms with Gasteiger partial charge >= 0.3 is 12.3 Å². The highest BCUT2D eigenvalue weighted by molar-refractivity contribution is 5.21. The van der Waals surface area contributed by atoms with Crippen LogP contribution in [0.5, 0.6) is 0 Å². The molecule has 1 aromatic carbocycles. The Hall–Kier alpha value is -1.28. The first kappa shape index (κ1) is 17.8. The number of halogens is 6. The number of alkyl halides is 4. The Morgan fingerprint density at radius 3 is 2.38 bits per heavy atom. The normalized spacial score (nSPS) is 13.7. The first-order chi connectivity index (χ1) is 9.77. The van der Waals surface area contributed by atoms with Crippen LogP contribution in [0, 0.1) is 11.6 Å². The summed E-state index contributed by atoms with van der Waals surface area (Å²) in [5, 5.41) is 2.81. The summed E-state index contributed by atoms with van der Waals surface area (Å²) in [5.74, 6) is -6.38. The van der Waals surface area contributed by atoms with Gasteiger partial charge in [0.05, 0.1) is 12.6 Å². The van der Waals surface area contributed by atoms with Gasteiger partial charge in [0.15, 0.2) is 11.6 Å². The average molecular weight is 315 g/mol. The Morgan fingerprint density at radius 1 is 1.19 bits per heavy atom. The lowest BCUT2D eigenvalue weighted by atomic mass is 10.1. The van der Waals surface area contributed by atoms with Crippen LogP contribution in [-0.4, -0.2) is 32.1 Å². The van der Waals surface area contributed by atoms with Gasteiger partial charge in [-0.1, -0.05) is 13.0 Å². The standard InChI is InChI=1S/C13H15F6NO/c1-2-20-11(6-21-7-13(18,19)12(16)17)8-3-4-9(14)10(15)5-8/h3-5,11-12,20H,2,6-7H2,1H3. The molecule has 0 heterocycles. The van der Waals surface area contributed by atoms with Gasteiger partial charge in [-0.25, -0.2) is 17.6 Å². The molecule has 0 saturated heterocycles. The second-order valence-electron chi connectivity index (χ2n) is 4.36. The Kier molecular flexibility index (Phi) is 6.47. The maximum absolute atomic E-state index is 13.1. The van der Waals surface area contributed by atoms with Gasteiger partial charge in [-0.3, -0.25) is 0 Å². The van der Waals surface area contributed by atoms with Crippen LogP contribution >= 0.6 is 0 Å². The number of hydrogen-bond acceptors (Lipinski definition) is 2. The van der Waals surface area contributed by atoms with Crippen LogP contribution in [0.1, 0.15) is 18.5 Å². The predicted octanol–water partition coefficient (Wildman–Crippen LogP) is 3.53. The Bertz CT molecular complexity index is 454. The number of likely N-dealkylation sites (N-methyl/N-ethyl adjacent to an activating group) is 1. The summed E-state index contributed by atoms with van der Waals surface area (Å²) >= 11 is 0. The largest absolute Gasteiger partial charge is 0.373 e. The van der Waals surface area contributed by atoms with Crippen LogP contribution in [0.15, 0.2) is 18.2 Å².